The molecular formula is C18H25NO3S. The van der Waals surface area contributed by atoms with E-state index in [1.54, 1.807) is 11.8 Å². The highest BCUT2D eigenvalue weighted by atomic mass is 32.2. The summed E-state index contributed by atoms with van der Waals surface area (Å²) in [4.78, 5) is 25.8. The number of nitrogens with zero attached hydrogens (tertiary/aromatic N) is 1. The highest BCUT2D eigenvalue weighted by molar-refractivity contribution is 7.99. The molecule has 0 aliphatic carbocycles. The maximum absolute atomic E-state index is 12.2. The van der Waals surface area contributed by atoms with Crippen LogP contribution in [0.2, 0.25) is 0 Å². The first-order chi connectivity index (χ1) is 11.1. The van der Waals surface area contributed by atoms with Crippen molar-refractivity contribution >= 4 is 23.6 Å². The number of thioether (sulfide) groups is 1. The van der Waals surface area contributed by atoms with Gasteiger partial charge in [-0.05, 0) is 32.3 Å². The molecule has 1 amide bonds. The molecule has 1 fully saturated rings. The Balaban J connectivity index is 1.70. The van der Waals surface area contributed by atoms with Crippen LogP contribution in [0.1, 0.15) is 30.9 Å². The summed E-state index contributed by atoms with van der Waals surface area (Å²) in [5.74, 6) is 1.36. The van der Waals surface area contributed by atoms with Crippen LogP contribution in [0, 0.1) is 12.8 Å². The van der Waals surface area contributed by atoms with E-state index in [4.69, 9.17) is 4.74 Å². The number of rotatable bonds is 6. The van der Waals surface area contributed by atoms with E-state index in [-0.39, 0.29) is 17.8 Å². The molecule has 0 N–H and O–H groups in total. The zero-order chi connectivity index (χ0) is 16.7. The van der Waals surface area contributed by atoms with Gasteiger partial charge in [-0.25, -0.2) is 0 Å². The zero-order valence-corrected chi connectivity index (χ0v) is 14.7. The van der Waals surface area contributed by atoms with Gasteiger partial charge < -0.3 is 9.64 Å². The quantitative estimate of drug-likeness (QED) is 0.750. The number of likely N-dealkylation sites (tertiary alicyclic amines) is 1. The van der Waals surface area contributed by atoms with Crippen molar-refractivity contribution in [3.63, 3.8) is 0 Å². The molecule has 0 saturated carbocycles. The molecule has 4 nitrogen and oxygen atoms in total. The van der Waals surface area contributed by atoms with Crippen molar-refractivity contribution in [1.82, 2.24) is 4.90 Å². The predicted molar refractivity (Wildman–Crippen MR) is 93.3 cm³/mol. The molecule has 23 heavy (non-hydrogen) atoms. The van der Waals surface area contributed by atoms with Crippen molar-refractivity contribution in [2.75, 3.05) is 25.4 Å². The molecule has 1 heterocycles. The van der Waals surface area contributed by atoms with Crippen LogP contribution in [-0.2, 0) is 20.1 Å². The van der Waals surface area contributed by atoms with Crippen LogP contribution in [0.25, 0.3) is 0 Å². The third-order valence-corrected chi connectivity index (χ3v) is 5.03. The van der Waals surface area contributed by atoms with Crippen LogP contribution in [0.5, 0.6) is 0 Å². The van der Waals surface area contributed by atoms with Gasteiger partial charge in [0, 0.05) is 18.8 Å². The molecule has 5 heteroatoms. The molecule has 126 valence electrons. The van der Waals surface area contributed by atoms with E-state index in [0.29, 0.717) is 38.3 Å². The van der Waals surface area contributed by atoms with Gasteiger partial charge >= 0.3 is 5.97 Å². The number of hydrogen-bond acceptors (Lipinski definition) is 4. The van der Waals surface area contributed by atoms with E-state index in [1.165, 1.54) is 11.1 Å². The second kappa shape index (κ2) is 8.96. The van der Waals surface area contributed by atoms with Crippen LogP contribution >= 0.6 is 11.8 Å². The number of ether oxygens (including phenoxy) is 1. The fraction of sp³-hybridized carbons (Fsp3) is 0.556. The number of hydrogen-bond donors (Lipinski definition) is 0. The average Bonchev–Trinajstić information content (AvgIpc) is 2.55. The molecule has 0 radical (unpaired) electrons. The molecule has 1 aromatic rings. The Hall–Kier alpha value is -1.49. The molecule has 1 aromatic carbocycles. The van der Waals surface area contributed by atoms with Crippen LogP contribution in [-0.4, -0.2) is 42.2 Å². The first-order valence-electron chi connectivity index (χ1n) is 8.18. The molecule has 0 unspecified atom stereocenters. The van der Waals surface area contributed by atoms with Crippen molar-refractivity contribution in [2.45, 2.75) is 32.4 Å². The lowest BCUT2D eigenvalue weighted by Crippen LogP contribution is -2.41. The fourth-order valence-corrected chi connectivity index (χ4v) is 3.65. The third-order valence-electron chi connectivity index (χ3n) is 4.04. The number of carbonyl (C=O) groups is 2. The van der Waals surface area contributed by atoms with Gasteiger partial charge in [-0.15, -0.1) is 11.8 Å². The highest BCUT2D eigenvalue weighted by Crippen LogP contribution is 2.20. The van der Waals surface area contributed by atoms with Gasteiger partial charge in [0.15, 0.2) is 0 Å². The first-order valence-corrected chi connectivity index (χ1v) is 9.33. The molecule has 0 atom stereocenters. The standard InChI is InChI=1S/C18H25NO3S/c1-3-22-18(21)16-7-9-19(10-8-16)17(20)13-23-12-15-6-4-5-14(2)11-15/h4-6,11,16H,3,7-10,12-13H2,1-2H3. The summed E-state index contributed by atoms with van der Waals surface area (Å²) in [6.07, 6.45) is 1.43. The third kappa shape index (κ3) is 5.57. The SMILES string of the molecule is CCOC(=O)C1CCN(C(=O)CSCc2cccc(C)c2)CC1. The van der Waals surface area contributed by atoms with Crippen molar-refractivity contribution in [2.24, 2.45) is 5.92 Å². The number of esters is 1. The lowest BCUT2D eigenvalue weighted by Gasteiger charge is -2.30. The van der Waals surface area contributed by atoms with Crippen LogP contribution in [0.4, 0.5) is 0 Å². The summed E-state index contributed by atoms with van der Waals surface area (Å²) in [5, 5.41) is 0. The minimum absolute atomic E-state index is 0.0426. The topological polar surface area (TPSA) is 46.6 Å². The van der Waals surface area contributed by atoms with E-state index in [2.05, 4.69) is 25.1 Å². The van der Waals surface area contributed by atoms with E-state index < -0.39 is 0 Å². The average molecular weight is 335 g/mol. The molecule has 1 saturated heterocycles. The molecule has 0 aromatic heterocycles. The summed E-state index contributed by atoms with van der Waals surface area (Å²) in [5.41, 5.74) is 2.50. The lowest BCUT2D eigenvalue weighted by atomic mass is 9.97. The number of carbonyl (C=O) groups excluding carboxylic acids is 2. The second-order valence-electron chi connectivity index (χ2n) is 5.89. The summed E-state index contributed by atoms with van der Waals surface area (Å²) in [6, 6.07) is 8.37. The number of piperidine rings is 1. The van der Waals surface area contributed by atoms with Crippen LogP contribution in [0.15, 0.2) is 24.3 Å². The highest BCUT2D eigenvalue weighted by Gasteiger charge is 2.27. The van der Waals surface area contributed by atoms with Gasteiger partial charge in [-0.3, -0.25) is 9.59 Å². The molecule has 2 rings (SSSR count). The Labute approximate surface area is 142 Å². The first kappa shape index (κ1) is 17.9. The molecule has 0 bridgehead atoms. The molecular weight excluding hydrogens is 310 g/mol. The van der Waals surface area contributed by atoms with Crippen molar-refractivity contribution in [1.29, 1.82) is 0 Å². The minimum atomic E-state index is -0.117. The van der Waals surface area contributed by atoms with Gasteiger partial charge in [0.05, 0.1) is 18.3 Å². The van der Waals surface area contributed by atoms with E-state index in [1.807, 2.05) is 17.9 Å². The Morgan fingerprint density at radius 2 is 2.04 bits per heavy atom. The van der Waals surface area contributed by atoms with Crippen molar-refractivity contribution in [3.8, 4) is 0 Å². The van der Waals surface area contributed by atoms with Gasteiger partial charge in [0.25, 0.3) is 0 Å². The largest absolute Gasteiger partial charge is 0.466 e. The summed E-state index contributed by atoms with van der Waals surface area (Å²) < 4.78 is 5.05. The molecule has 1 aliphatic rings. The van der Waals surface area contributed by atoms with E-state index >= 15 is 0 Å². The fourth-order valence-electron chi connectivity index (χ4n) is 2.77. The molecule has 0 spiro atoms. The Bertz CT molecular complexity index is 539. The van der Waals surface area contributed by atoms with E-state index in [9.17, 15) is 9.59 Å². The Morgan fingerprint density at radius 3 is 2.70 bits per heavy atom. The summed E-state index contributed by atoms with van der Waals surface area (Å²) in [7, 11) is 0. The number of benzene rings is 1. The normalized spacial score (nSPS) is 15.5. The van der Waals surface area contributed by atoms with Gasteiger partial charge in [-0.1, -0.05) is 29.8 Å². The smallest absolute Gasteiger partial charge is 0.309 e. The van der Waals surface area contributed by atoms with Gasteiger partial charge in [0.2, 0.25) is 5.91 Å². The minimum Gasteiger partial charge on any atom is -0.466 e. The second-order valence-corrected chi connectivity index (χ2v) is 6.87. The number of aryl methyl sites for hydroxylation is 1. The monoisotopic (exact) mass is 335 g/mol. The molecule has 1 aliphatic heterocycles. The van der Waals surface area contributed by atoms with E-state index in [0.717, 1.165) is 5.75 Å². The summed E-state index contributed by atoms with van der Waals surface area (Å²) >= 11 is 1.65. The lowest BCUT2D eigenvalue weighted by molar-refractivity contribution is -0.151. The van der Waals surface area contributed by atoms with Crippen LogP contribution in [0.3, 0.4) is 0 Å². The van der Waals surface area contributed by atoms with Crippen molar-refractivity contribution < 1.29 is 14.3 Å². The Kier molecular flexibility index (Phi) is 6.96. The predicted octanol–water partition coefficient (Wildman–Crippen LogP) is 3.03. The maximum Gasteiger partial charge on any atom is 0.309 e. The zero-order valence-electron chi connectivity index (χ0n) is 13.9. The maximum atomic E-state index is 12.2. The van der Waals surface area contributed by atoms with Gasteiger partial charge in [-0.2, -0.15) is 0 Å². The summed E-state index contributed by atoms with van der Waals surface area (Å²) in [6.45, 7) is 5.64. The number of amides is 1. The van der Waals surface area contributed by atoms with Crippen molar-refractivity contribution in [3.05, 3.63) is 35.4 Å². The Morgan fingerprint density at radius 1 is 1.30 bits per heavy atom. The van der Waals surface area contributed by atoms with Gasteiger partial charge in [0.1, 0.15) is 0 Å². The van der Waals surface area contributed by atoms with Crippen LogP contribution < -0.4 is 0 Å².